The highest BCUT2D eigenvalue weighted by Gasteiger charge is 2.15. The normalized spacial score (nSPS) is 10.3. The maximum atomic E-state index is 13.9. The number of hydrogen-bond donors (Lipinski definition) is 2. The van der Waals surface area contributed by atoms with Crippen LogP contribution < -0.4 is 9.47 Å². The highest BCUT2D eigenvalue weighted by atomic mass is 19.1. The molecule has 0 heterocycles. The number of hydrogen-bond acceptors (Lipinski definition) is 4. The first kappa shape index (κ1) is 13.0. The number of halogens is 1. The predicted molar refractivity (Wildman–Crippen MR) is 68.3 cm³/mol. The third-order valence-electron chi connectivity index (χ3n) is 2.77. The third-order valence-corrected chi connectivity index (χ3v) is 2.77. The second kappa shape index (κ2) is 5.06. The number of phenolic OH excluding ortho intramolecular Hbond substituents is 2. The van der Waals surface area contributed by atoms with E-state index >= 15 is 0 Å². The molecular formula is C14H13FO4. The zero-order valence-electron chi connectivity index (χ0n) is 10.5. The molecule has 0 bridgehead atoms. The largest absolute Gasteiger partial charge is 0.505 e. The molecule has 0 radical (unpaired) electrons. The average Bonchev–Trinajstić information content (AvgIpc) is 2.42. The van der Waals surface area contributed by atoms with Gasteiger partial charge >= 0.3 is 0 Å². The highest BCUT2D eigenvalue weighted by Crippen LogP contribution is 2.41. The maximum absolute atomic E-state index is 13.9. The van der Waals surface area contributed by atoms with Crippen LogP contribution in [0.4, 0.5) is 4.39 Å². The molecule has 5 heteroatoms. The molecule has 0 aliphatic rings. The Morgan fingerprint density at radius 2 is 1.58 bits per heavy atom. The molecule has 4 nitrogen and oxygen atoms in total. The first-order valence-corrected chi connectivity index (χ1v) is 5.51. The summed E-state index contributed by atoms with van der Waals surface area (Å²) in [5, 5.41) is 19.2. The average molecular weight is 264 g/mol. The number of rotatable bonds is 3. The monoisotopic (exact) mass is 264 g/mol. The van der Waals surface area contributed by atoms with Gasteiger partial charge < -0.3 is 19.7 Å². The molecule has 0 saturated heterocycles. The van der Waals surface area contributed by atoms with Crippen LogP contribution in [0.5, 0.6) is 23.0 Å². The third kappa shape index (κ3) is 2.27. The molecule has 2 aromatic rings. The minimum atomic E-state index is -0.739. The molecule has 0 saturated carbocycles. The lowest BCUT2D eigenvalue weighted by molar-refractivity contribution is 0.340. The molecule has 0 aliphatic carbocycles. The molecule has 0 fully saturated rings. The second-order valence-corrected chi connectivity index (χ2v) is 3.87. The lowest BCUT2D eigenvalue weighted by atomic mass is 10.0. The van der Waals surface area contributed by atoms with E-state index in [2.05, 4.69) is 0 Å². The SMILES string of the molecule is COc1cc(-c2cccc(O)c2F)cc(OC)c1O. The van der Waals surface area contributed by atoms with Crippen molar-refractivity contribution in [2.45, 2.75) is 0 Å². The van der Waals surface area contributed by atoms with Crippen LogP contribution in [-0.4, -0.2) is 24.4 Å². The number of phenols is 2. The molecule has 0 amide bonds. The van der Waals surface area contributed by atoms with Crippen LogP contribution in [0, 0.1) is 5.82 Å². The van der Waals surface area contributed by atoms with Gasteiger partial charge in [-0.05, 0) is 23.8 Å². The summed E-state index contributed by atoms with van der Waals surface area (Å²) in [7, 11) is 2.77. The van der Waals surface area contributed by atoms with Crippen LogP contribution in [0.25, 0.3) is 11.1 Å². The van der Waals surface area contributed by atoms with Crippen molar-refractivity contribution >= 4 is 0 Å². The molecule has 100 valence electrons. The summed E-state index contributed by atoms with van der Waals surface area (Å²) in [6.45, 7) is 0. The Kier molecular flexibility index (Phi) is 3.46. The lowest BCUT2D eigenvalue weighted by Gasteiger charge is -2.12. The van der Waals surface area contributed by atoms with Crippen molar-refractivity contribution in [2.24, 2.45) is 0 Å². The molecule has 19 heavy (non-hydrogen) atoms. The molecule has 2 aromatic carbocycles. The number of ether oxygens (including phenoxy) is 2. The van der Waals surface area contributed by atoms with E-state index in [4.69, 9.17) is 9.47 Å². The Bertz CT molecular complexity index is 585. The van der Waals surface area contributed by atoms with Crippen LogP contribution in [0.15, 0.2) is 30.3 Å². The van der Waals surface area contributed by atoms with Crippen molar-refractivity contribution < 1.29 is 24.1 Å². The van der Waals surface area contributed by atoms with E-state index in [-0.39, 0.29) is 22.8 Å². The van der Waals surface area contributed by atoms with Gasteiger partial charge in [0.2, 0.25) is 5.75 Å². The summed E-state index contributed by atoms with van der Waals surface area (Å²) in [6, 6.07) is 7.24. The number of benzene rings is 2. The van der Waals surface area contributed by atoms with Gasteiger partial charge in [-0.3, -0.25) is 0 Å². The summed E-state index contributed by atoms with van der Waals surface area (Å²) in [6.07, 6.45) is 0. The fourth-order valence-electron chi connectivity index (χ4n) is 1.79. The maximum Gasteiger partial charge on any atom is 0.200 e. The summed E-state index contributed by atoms with van der Waals surface area (Å²) >= 11 is 0. The molecular weight excluding hydrogens is 251 g/mol. The first-order chi connectivity index (χ1) is 9.08. The van der Waals surface area contributed by atoms with E-state index in [1.54, 1.807) is 0 Å². The van der Waals surface area contributed by atoms with Crippen LogP contribution in [-0.2, 0) is 0 Å². The minimum Gasteiger partial charge on any atom is -0.505 e. The quantitative estimate of drug-likeness (QED) is 0.894. The van der Waals surface area contributed by atoms with Gasteiger partial charge in [-0.2, -0.15) is 0 Å². The molecule has 0 aliphatic heterocycles. The van der Waals surface area contributed by atoms with Gasteiger partial charge in [0.05, 0.1) is 14.2 Å². The van der Waals surface area contributed by atoms with Crippen LogP contribution >= 0.6 is 0 Å². The molecule has 0 spiro atoms. The van der Waals surface area contributed by atoms with Gasteiger partial charge in [-0.25, -0.2) is 4.39 Å². The molecule has 0 aromatic heterocycles. The molecule has 0 atom stereocenters. The second-order valence-electron chi connectivity index (χ2n) is 3.87. The zero-order chi connectivity index (χ0) is 14.0. The van der Waals surface area contributed by atoms with Crippen LogP contribution in [0.3, 0.4) is 0 Å². The van der Waals surface area contributed by atoms with E-state index in [1.165, 1.54) is 44.6 Å². The van der Waals surface area contributed by atoms with E-state index in [1.807, 2.05) is 0 Å². The van der Waals surface area contributed by atoms with Crippen molar-refractivity contribution in [2.75, 3.05) is 14.2 Å². The molecule has 0 unspecified atom stereocenters. The van der Waals surface area contributed by atoms with Gasteiger partial charge in [0, 0.05) is 5.56 Å². The smallest absolute Gasteiger partial charge is 0.200 e. The van der Waals surface area contributed by atoms with Crippen molar-refractivity contribution in [3.8, 4) is 34.1 Å². The topological polar surface area (TPSA) is 58.9 Å². The van der Waals surface area contributed by atoms with Crippen LogP contribution in [0.1, 0.15) is 0 Å². The highest BCUT2D eigenvalue weighted by molar-refractivity contribution is 5.72. The fraction of sp³-hybridized carbons (Fsp3) is 0.143. The Hall–Kier alpha value is -2.43. The van der Waals surface area contributed by atoms with E-state index in [9.17, 15) is 14.6 Å². The van der Waals surface area contributed by atoms with Gasteiger partial charge in [0.15, 0.2) is 23.1 Å². The summed E-state index contributed by atoms with van der Waals surface area (Å²) < 4.78 is 23.9. The fourth-order valence-corrected chi connectivity index (χ4v) is 1.79. The van der Waals surface area contributed by atoms with Gasteiger partial charge in [0.1, 0.15) is 0 Å². The van der Waals surface area contributed by atoms with Crippen molar-refractivity contribution in [1.82, 2.24) is 0 Å². The zero-order valence-corrected chi connectivity index (χ0v) is 10.5. The predicted octanol–water partition coefficient (Wildman–Crippen LogP) is 2.92. The Labute approximate surface area is 109 Å². The Morgan fingerprint density at radius 1 is 1.00 bits per heavy atom. The first-order valence-electron chi connectivity index (χ1n) is 5.51. The summed E-state index contributed by atoms with van der Waals surface area (Å²) in [5.41, 5.74) is 0.622. The van der Waals surface area contributed by atoms with Gasteiger partial charge in [-0.1, -0.05) is 12.1 Å². The Morgan fingerprint density at radius 3 is 2.11 bits per heavy atom. The van der Waals surface area contributed by atoms with Gasteiger partial charge in [0.25, 0.3) is 0 Å². The number of aromatic hydroxyl groups is 2. The van der Waals surface area contributed by atoms with Crippen molar-refractivity contribution in [3.63, 3.8) is 0 Å². The van der Waals surface area contributed by atoms with E-state index in [0.717, 1.165) is 0 Å². The molecule has 2 rings (SSSR count). The molecule has 2 N–H and O–H groups in total. The van der Waals surface area contributed by atoms with Crippen molar-refractivity contribution in [1.29, 1.82) is 0 Å². The van der Waals surface area contributed by atoms with Gasteiger partial charge in [-0.15, -0.1) is 0 Å². The Balaban J connectivity index is 2.65. The summed E-state index contributed by atoms with van der Waals surface area (Å²) in [4.78, 5) is 0. The van der Waals surface area contributed by atoms with E-state index in [0.29, 0.717) is 5.56 Å². The minimum absolute atomic E-state index is 0.158. The number of methoxy groups -OCH3 is 2. The standard InChI is InChI=1S/C14H13FO4/c1-18-11-6-8(7-12(19-2)14(11)17)9-4-3-5-10(16)13(9)15/h3-7,16-17H,1-2H3. The lowest BCUT2D eigenvalue weighted by Crippen LogP contribution is -1.92. The van der Waals surface area contributed by atoms with E-state index < -0.39 is 11.6 Å². The van der Waals surface area contributed by atoms with Crippen molar-refractivity contribution in [3.05, 3.63) is 36.1 Å². The summed E-state index contributed by atoms with van der Waals surface area (Å²) in [5.74, 6) is -1.01. The van der Waals surface area contributed by atoms with Crippen LogP contribution in [0.2, 0.25) is 0 Å².